The van der Waals surface area contributed by atoms with Crippen molar-refractivity contribution in [1.82, 2.24) is 10.4 Å². The first-order valence-electron chi connectivity index (χ1n) is 10.9. The molecular weight excluding hydrogens is 478 g/mol. The standard InChI is InChI=1S/C27H22BrN3O2/c28-21-8-5-6-18(14-21)17-33-26-11-4-1-7-20(26)16-29-31-27(32)23-15-25(19-12-13-19)30-24-10-3-2-9-22(23)24/h1-11,14-16,19H,12-13,17H2,(H,31,32). The second kappa shape index (κ2) is 9.55. The van der Waals surface area contributed by atoms with Crippen LogP contribution in [0.4, 0.5) is 0 Å². The highest BCUT2D eigenvalue weighted by molar-refractivity contribution is 9.10. The molecule has 0 unspecified atom stereocenters. The first-order valence-corrected chi connectivity index (χ1v) is 11.7. The number of carbonyl (C=O) groups excluding carboxylic acids is 1. The van der Waals surface area contributed by atoms with Gasteiger partial charge in [0, 0.05) is 27.0 Å². The van der Waals surface area contributed by atoms with Crippen LogP contribution in [0.3, 0.4) is 0 Å². The minimum absolute atomic E-state index is 0.251. The van der Waals surface area contributed by atoms with Crippen molar-refractivity contribution in [2.24, 2.45) is 5.10 Å². The molecule has 3 aromatic carbocycles. The second-order valence-electron chi connectivity index (χ2n) is 8.04. The van der Waals surface area contributed by atoms with Crippen molar-refractivity contribution in [1.29, 1.82) is 0 Å². The lowest BCUT2D eigenvalue weighted by Gasteiger charge is -2.10. The van der Waals surface area contributed by atoms with Crippen LogP contribution in [-0.4, -0.2) is 17.1 Å². The molecule has 1 fully saturated rings. The van der Waals surface area contributed by atoms with Gasteiger partial charge in [0.05, 0.1) is 17.3 Å². The Morgan fingerprint density at radius 2 is 1.88 bits per heavy atom. The third kappa shape index (κ3) is 5.12. The molecule has 33 heavy (non-hydrogen) atoms. The van der Waals surface area contributed by atoms with E-state index in [1.807, 2.05) is 78.9 Å². The summed E-state index contributed by atoms with van der Waals surface area (Å²) >= 11 is 3.48. The summed E-state index contributed by atoms with van der Waals surface area (Å²) in [4.78, 5) is 17.7. The Labute approximate surface area is 200 Å². The summed E-state index contributed by atoms with van der Waals surface area (Å²) < 4.78 is 7.00. The number of hydrogen-bond donors (Lipinski definition) is 1. The van der Waals surface area contributed by atoms with Crippen LogP contribution in [0.5, 0.6) is 5.75 Å². The number of pyridine rings is 1. The zero-order valence-corrected chi connectivity index (χ0v) is 19.5. The highest BCUT2D eigenvalue weighted by atomic mass is 79.9. The van der Waals surface area contributed by atoms with E-state index in [4.69, 9.17) is 9.72 Å². The van der Waals surface area contributed by atoms with Crippen LogP contribution >= 0.6 is 15.9 Å². The quantitative estimate of drug-likeness (QED) is 0.242. The fraction of sp³-hybridized carbons (Fsp3) is 0.148. The molecule has 1 aliphatic rings. The Bertz CT molecular complexity index is 1350. The summed E-state index contributed by atoms with van der Waals surface area (Å²) in [5, 5.41) is 5.04. The summed E-state index contributed by atoms with van der Waals surface area (Å²) in [6, 6.07) is 25.2. The van der Waals surface area contributed by atoms with Gasteiger partial charge in [-0.25, -0.2) is 5.43 Å². The molecule has 0 radical (unpaired) electrons. The number of fused-ring (bicyclic) bond motifs is 1. The van der Waals surface area contributed by atoms with E-state index >= 15 is 0 Å². The third-order valence-corrected chi connectivity index (χ3v) is 6.04. The number of carbonyl (C=O) groups is 1. The van der Waals surface area contributed by atoms with Crippen molar-refractivity contribution < 1.29 is 9.53 Å². The molecule has 4 aromatic rings. The number of nitrogens with zero attached hydrogens (tertiary/aromatic N) is 2. The number of hydrazone groups is 1. The van der Waals surface area contributed by atoms with Crippen LogP contribution in [0, 0.1) is 0 Å². The summed E-state index contributed by atoms with van der Waals surface area (Å²) in [5.41, 5.74) is 6.93. The number of benzene rings is 3. The molecule has 1 aromatic heterocycles. The Morgan fingerprint density at radius 1 is 1.06 bits per heavy atom. The summed E-state index contributed by atoms with van der Waals surface area (Å²) in [7, 11) is 0. The molecule has 0 saturated heterocycles. The van der Waals surface area contributed by atoms with E-state index in [1.165, 1.54) is 0 Å². The van der Waals surface area contributed by atoms with E-state index < -0.39 is 0 Å². The molecule has 1 saturated carbocycles. The van der Waals surface area contributed by atoms with Crippen LogP contribution in [0.15, 0.2) is 88.4 Å². The Kier molecular flexibility index (Phi) is 6.17. The average Bonchev–Trinajstić information content (AvgIpc) is 3.68. The predicted octanol–water partition coefficient (Wildman–Crippen LogP) is 6.22. The maximum atomic E-state index is 13.0. The Morgan fingerprint density at radius 3 is 2.73 bits per heavy atom. The molecule has 0 atom stereocenters. The van der Waals surface area contributed by atoms with Gasteiger partial charge >= 0.3 is 0 Å². The summed E-state index contributed by atoms with van der Waals surface area (Å²) in [6.45, 7) is 0.434. The molecule has 0 bridgehead atoms. The summed E-state index contributed by atoms with van der Waals surface area (Å²) in [6.07, 6.45) is 3.86. The smallest absolute Gasteiger partial charge is 0.272 e. The first kappa shape index (κ1) is 21.3. The van der Waals surface area contributed by atoms with Crippen molar-refractivity contribution in [3.05, 3.63) is 106 Å². The number of rotatable bonds is 7. The molecule has 0 spiro atoms. The molecular formula is C27H22BrN3O2. The number of hydrogen-bond acceptors (Lipinski definition) is 4. The minimum Gasteiger partial charge on any atom is -0.488 e. The second-order valence-corrected chi connectivity index (χ2v) is 8.96. The molecule has 1 aliphatic carbocycles. The van der Waals surface area contributed by atoms with Gasteiger partial charge in [0.1, 0.15) is 12.4 Å². The first-order chi connectivity index (χ1) is 16.2. The van der Waals surface area contributed by atoms with Crippen LogP contribution in [-0.2, 0) is 6.61 Å². The lowest BCUT2D eigenvalue weighted by molar-refractivity contribution is 0.0956. The maximum absolute atomic E-state index is 13.0. The highest BCUT2D eigenvalue weighted by Gasteiger charge is 2.26. The molecule has 6 heteroatoms. The fourth-order valence-electron chi connectivity index (χ4n) is 3.70. The largest absolute Gasteiger partial charge is 0.488 e. The minimum atomic E-state index is -0.251. The monoisotopic (exact) mass is 499 g/mol. The van der Waals surface area contributed by atoms with E-state index in [9.17, 15) is 4.79 Å². The van der Waals surface area contributed by atoms with Gasteiger partial charge in [-0.05, 0) is 54.8 Å². The number of para-hydroxylation sites is 2. The summed E-state index contributed by atoms with van der Waals surface area (Å²) in [5.74, 6) is 0.902. The number of halogens is 1. The number of nitrogens with one attached hydrogen (secondary N) is 1. The fourth-order valence-corrected chi connectivity index (χ4v) is 4.15. The normalized spacial score (nSPS) is 13.4. The van der Waals surface area contributed by atoms with Crippen molar-refractivity contribution in [3.8, 4) is 5.75 Å². The maximum Gasteiger partial charge on any atom is 0.272 e. The lowest BCUT2D eigenvalue weighted by Crippen LogP contribution is -2.18. The van der Waals surface area contributed by atoms with Crippen LogP contribution < -0.4 is 10.2 Å². The van der Waals surface area contributed by atoms with Gasteiger partial charge < -0.3 is 4.74 Å². The van der Waals surface area contributed by atoms with Crippen molar-refractivity contribution >= 4 is 39.0 Å². The number of amides is 1. The van der Waals surface area contributed by atoms with Gasteiger partial charge in [0.2, 0.25) is 0 Å². The zero-order valence-electron chi connectivity index (χ0n) is 17.9. The van der Waals surface area contributed by atoms with E-state index in [-0.39, 0.29) is 5.91 Å². The van der Waals surface area contributed by atoms with Gasteiger partial charge in [0.15, 0.2) is 0 Å². The predicted molar refractivity (Wildman–Crippen MR) is 134 cm³/mol. The molecule has 1 heterocycles. The highest BCUT2D eigenvalue weighted by Crippen LogP contribution is 2.40. The van der Waals surface area contributed by atoms with E-state index in [2.05, 4.69) is 26.5 Å². The number of ether oxygens (including phenoxy) is 1. The van der Waals surface area contributed by atoms with Crippen molar-refractivity contribution in [2.45, 2.75) is 25.4 Å². The topological polar surface area (TPSA) is 63.6 Å². The van der Waals surface area contributed by atoms with Crippen LogP contribution in [0.2, 0.25) is 0 Å². The van der Waals surface area contributed by atoms with Gasteiger partial charge in [0.25, 0.3) is 5.91 Å². The van der Waals surface area contributed by atoms with Gasteiger partial charge in [-0.2, -0.15) is 5.10 Å². The van der Waals surface area contributed by atoms with Crippen LogP contribution in [0.25, 0.3) is 10.9 Å². The Balaban J connectivity index is 1.32. The lowest BCUT2D eigenvalue weighted by atomic mass is 10.1. The van der Waals surface area contributed by atoms with Crippen LogP contribution in [0.1, 0.15) is 45.9 Å². The molecule has 1 N–H and O–H groups in total. The van der Waals surface area contributed by atoms with Crippen molar-refractivity contribution in [3.63, 3.8) is 0 Å². The molecule has 1 amide bonds. The van der Waals surface area contributed by atoms with E-state index in [0.29, 0.717) is 23.8 Å². The van der Waals surface area contributed by atoms with Crippen molar-refractivity contribution in [2.75, 3.05) is 0 Å². The van der Waals surface area contributed by atoms with E-state index in [0.717, 1.165) is 45.0 Å². The van der Waals surface area contributed by atoms with E-state index in [1.54, 1.807) is 6.21 Å². The SMILES string of the molecule is O=C(NN=Cc1ccccc1OCc1cccc(Br)c1)c1cc(C2CC2)nc2ccccc12. The zero-order chi connectivity index (χ0) is 22.6. The third-order valence-electron chi connectivity index (χ3n) is 5.55. The molecule has 0 aliphatic heterocycles. The van der Waals surface area contributed by atoms with Gasteiger partial charge in [-0.15, -0.1) is 0 Å². The average molecular weight is 500 g/mol. The van der Waals surface area contributed by atoms with Gasteiger partial charge in [-0.1, -0.05) is 58.4 Å². The molecule has 5 nitrogen and oxygen atoms in total. The Hall–Kier alpha value is -3.51. The van der Waals surface area contributed by atoms with Gasteiger partial charge in [-0.3, -0.25) is 9.78 Å². The molecule has 164 valence electrons. The molecule has 5 rings (SSSR count). The number of aromatic nitrogens is 1.